The highest BCUT2D eigenvalue weighted by Crippen LogP contribution is 2.26. The molecule has 0 atom stereocenters. The normalized spacial score (nSPS) is 13.5. The van der Waals surface area contributed by atoms with Gasteiger partial charge in [-0.15, -0.1) is 0 Å². The minimum Gasteiger partial charge on any atom is -0.493 e. The summed E-state index contributed by atoms with van der Waals surface area (Å²) in [4.78, 5) is 0. The van der Waals surface area contributed by atoms with Crippen LogP contribution in [0.15, 0.2) is 35.1 Å². The lowest BCUT2D eigenvalue weighted by molar-refractivity contribution is 0.357. The summed E-state index contributed by atoms with van der Waals surface area (Å²) in [6.45, 7) is 1.73. The Morgan fingerprint density at radius 1 is 1.41 bits per heavy atom. The second-order valence-electron chi connectivity index (χ2n) is 4.21. The zero-order chi connectivity index (χ0) is 11.7. The first-order valence-electron chi connectivity index (χ1n) is 5.74. The fourth-order valence-electron chi connectivity index (χ4n) is 2.10. The fourth-order valence-corrected chi connectivity index (χ4v) is 2.43. The minimum atomic E-state index is 0.824. The van der Waals surface area contributed by atoms with E-state index in [0.29, 0.717) is 0 Å². The van der Waals surface area contributed by atoms with Crippen LogP contribution >= 0.6 is 15.9 Å². The number of hydrogen-bond donors (Lipinski definition) is 0. The molecule has 1 aliphatic heterocycles. The van der Waals surface area contributed by atoms with E-state index in [2.05, 4.69) is 39.2 Å². The molecular formula is C13H13BrN2O. The molecule has 0 unspecified atom stereocenters. The van der Waals surface area contributed by atoms with E-state index in [4.69, 9.17) is 4.74 Å². The van der Waals surface area contributed by atoms with Gasteiger partial charge in [0, 0.05) is 19.2 Å². The predicted molar refractivity (Wildman–Crippen MR) is 69.3 cm³/mol. The molecule has 4 heteroatoms. The van der Waals surface area contributed by atoms with E-state index in [-0.39, 0.29) is 0 Å². The molecule has 3 rings (SSSR count). The molecule has 1 aromatic heterocycles. The Balaban J connectivity index is 1.69. The van der Waals surface area contributed by atoms with Gasteiger partial charge in [-0.05, 0) is 39.5 Å². The summed E-state index contributed by atoms with van der Waals surface area (Å²) in [5, 5.41) is 4.25. The first kappa shape index (κ1) is 10.8. The minimum absolute atomic E-state index is 0.824. The zero-order valence-electron chi connectivity index (χ0n) is 9.40. The quantitative estimate of drug-likeness (QED) is 0.870. The maximum Gasteiger partial charge on any atom is 0.122 e. The third-order valence-electron chi connectivity index (χ3n) is 2.99. The van der Waals surface area contributed by atoms with Crippen LogP contribution in [-0.2, 0) is 19.4 Å². The van der Waals surface area contributed by atoms with Crippen molar-refractivity contribution in [3.8, 4) is 5.75 Å². The van der Waals surface area contributed by atoms with Gasteiger partial charge in [-0.1, -0.05) is 12.1 Å². The molecule has 1 aliphatic rings. The van der Waals surface area contributed by atoms with Crippen molar-refractivity contribution in [1.29, 1.82) is 0 Å². The van der Waals surface area contributed by atoms with E-state index >= 15 is 0 Å². The van der Waals surface area contributed by atoms with Gasteiger partial charge in [0.1, 0.15) is 5.75 Å². The Labute approximate surface area is 109 Å². The number of aryl methyl sites for hydroxylation is 2. The first-order valence-corrected chi connectivity index (χ1v) is 6.53. The number of halogens is 1. The van der Waals surface area contributed by atoms with Crippen LogP contribution in [0.25, 0.3) is 0 Å². The molecule has 2 heterocycles. The lowest BCUT2D eigenvalue weighted by Gasteiger charge is -2.04. The van der Waals surface area contributed by atoms with Gasteiger partial charge in [0.2, 0.25) is 0 Å². The highest BCUT2D eigenvalue weighted by molar-refractivity contribution is 9.10. The highest BCUT2D eigenvalue weighted by Gasteiger charge is 2.11. The van der Waals surface area contributed by atoms with Crippen molar-refractivity contribution in [2.75, 3.05) is 6.61 Å². The van der Waals surface area contributed by atoms with Crippen LogP contribution < -0.4 is 4.74 Å². The summed E-state index contributed by atoms with van der Waals surface area (Å²) >= 11 is 3.40. The van der Waals surface area contributed by atoms with E-state index < -0.39 is 0 Å². The van der Waals surface area contributed by atoms with Crippen molar-refractivity contribution < 1.29 is 4.74 Å². The average Bonchev–Trinajstić information content (AvgIpc) is 2.94. The Hall–Kier alpha value is -1.29. The lowest BCUT2D eigenvalue weighted by atomic mass is 10.1. The Morgan fingerprint density at radius 3 is 3.18 bits per heavy atom. The number of hydrogen-bond acceptors (Lipinski definition) is 2. The first-order chi connectivity index (χ1) is 8.31. The standard InChI is InChI=1S/C13H13BrN2O/c14-12-8-15-16(9-12)5-3-10-1-2-13-11(7-10)4-6-17-13/h1-2,7-9H,3-6H2. The van der Waals surface area contributed by atoms with E-state index in [1.54, 1.807) is 0 Å². The van der Waals surface area contributed by atoms with Gasteiger partial charge >= 0.3 is 0 Å². The monoisotopic (exact) mass is 292 g/mol. The smallest absolute Gasteiger partial charge is 0.122 e. The number of benzene rings is 1. The van der Waals surface area contributed by atoms with Crippen LogP contribution in [-0.4, -0.2) is 16.4 Å². The van der Waals surface area contributed by atoms with E-state index in [9.17, 15) is 0 Å². The second-order valence-corrected chi connectivity index (χ2v) is 5.13. The highest BCUT2D eigenvalue weighted by atomic mass is 79.9. The molecule has 0 saturated heterocycles. The van der Waals surface area contributed by atoms with Crippen LogP contribution in [0, 0.1) is 0 Å². The van der Waals surface area contributed by atoms with Gasteiger partial charge in [0.05, 0.1) is 17.3 Å². The number of nitrogens with zero attached hydrogens (tertiary/aromatic N) is 2. The van der Waals surface area contributed by atoms with Crippen molar-refractivity contribution in [3.63, 3.8) is 0 Å². The second kappa shape index (κ2) is 4.53. The summed E-state index contributed by atoms with van der Waals surface area (Å²) in [6.07, 6.45) is 5.85. The summed E-state index contributed by atoms with van der Waals surface area (Å²) < 4.78 is 8.48. The van der Waals surface area contributed by atoms with Crippen LogP contribution in [0.1, 0.15) is 11.1 Å². The molecule has 0 radical (unpaired) electrons. The maximum atomic E-state index is 5.50. The summed E-state index contributed by atoms with van der Waals surface area (Å²) in [5.41, 5.74) is 2.69. The van der Waals surface area contributed by atoms with Crippen LogP contribution in [0.5, 0.6) is 5.75 Å². The van der Waals surface area contributed by atoms with Gasteiger partial charge < -0.3 is 4.74 Å². The number of rotatable bonds is 3. The van der Waals surface area contributed by atoms with Crippen molar-refractivity contribution in [2.45, 2.75) is 19.4 Å². The third kappa shape index (κ3) is 2.36. The largest absolute Gasteiger partial charge is 0.493 e. The van der Waals surface area contributed by atoms with Gasteiger partial charge in [0.25, 0.3) is 0 Å². The lowest BCUT2D eigenvalue weighted by Crippen LogP contribution is -2.01. The Kier molecular flexibility index (Phi) is 2.89. The molecule has 0 spiro atoms. The van der Waals surface area contributed by atoms with Gasteiger partial charge in [0.15, 0.2) is 0 Å². The molecule has 88 valence electrons. The average molecular weight is 293 g/mol. The molecule has 2 aromatic rings. The molecule has 0 saturated carbocycles. The number of ether oxygens (including phenoxy) is 1. The molecule has 0 amide bonds. The molecule has 17 heavy (non-hydrogen) atoms. The zero-order valence-corrected chi connectivity index (χ0v) is 11.0. The maximum absolute atomic E-state index is 5.50. The summed E-state index contributed by atoms with van der Waals surface area (Å²) in [7, 11) is 0. The molecule has 0 fully saturated rings. The van der Waals surface area contributed by atoms with Crippen molar-refractivity contribution in [2.24, 2.45) is 0 Å². The van der Waals surface area contributed by atoms with Crippen LogP contribution in [0.4, 0.5) is 0 Å². The predicted octanol–water partition coefficient (Wildman–Crippen LogP) is 2.82. The van der Waals surface area contributed by atoms with E-state index in [1.807, 2.05) is 17.1 Å². The van der Waals surface area contributed by atoms with E-state index in [0.717, 1.165) is 36.2 Å². The fraction of sp³-hybridized carbons (Fsp3) is 0.308. The molecule has 3 nitrogen and oxygen atoms in total. The summed E-state index contributed by atoms with van der Waals surface area (Å²) in [5.74, 6) is 1.05. The summed E-state index contributed by atoms with van der Waals surface area (Å²) in [6, 6.07) is 6.47. The van der Waals surface area contributed by atoms with Crippen LogP contribution in [0.3, 0.4) is 0 Å². The van der Waals surface area contributed by atoms with Crippen molar-refractivity contribution in [1.82, 2.24) is 9.78 Å². The third-order valence-corrected chi connectivity index (χ3v) is 3.39. The molecule has 0 bridgehead atoms. The van der Waals surface area contributed by atoms with Gasteiger partial charge in [-0.25, -0.2) is 0 Å². The number of fused-ring (bicyclic) bond motifs is 1. The number of aromatic nitrogens is 2. The molecule has 0 N–H and O–H groups in total. The van der Waals surface area contributed by atoms with Crippen molar-refractivity contribution in [3.05, 3.63) is 46.2 Å². The van der Waals surface area contributed by atoms with Gasteiger partial charge in [-0.3, -0.25) is 4.68 Å². The molecule has 1 aromatic carbocycles. The SMILES string of the molecule is Brc1cnn(CCc2ccc3c(c2)CCO3)c1. The Morgan fingerprint density at radius 2 is 2.35 bits per heavy atom. The van der Waals surface area contributed by atoms with Crippen LogP contribution in [0.2, 0.25) is 0 Å². The van der Waals surface area contributed by atoms with Gasteiger partial charge in [-0.2, -0.15) is 5.10 Å². The van der Waals surface area contributed by atoms with E-state index in [1.165, 1.54) is 11.1 Å². The Bertz CT molecular complexity index is 536. The van der Waals surface area contributed by atoms with Crippen molar-refractivity contribution >= 4 is 15.9 Å². The molecule has 0 aliphatic carbocycles. The topological polar surface area (TPSA) is 27.1 Å². The molecular weight excluding hydrogens is 280 g/mol.